The number of anilines is 1. The fourth-order valence-corrected chi connectivity index (χ4v) is 2.00. The Balaban J connectivity index is 1.90. The van der Waals surface area contributed by atoms with Crippen LogP contribution in [0.1, 0.15) is 11.1 Å². The summed E-state index contributed by atoms with van der Waals surface area (Å²) in [5.74, 6) is 0. The molecule has 0 saturated carbocycles. The van der Waals surface area contributed by atoms with E-state index in [4.69, 9.17) is 5.73 Å². The lowest BCUT2D eigenvalue weighted by Crippen LogP contribution is -1.82. The topological polar surface area (TPSA) is 38.9 Å². The first-order valence-corrected chi connectivity index (χ1v) is 6.20. The zero-order chi connectivity index (χ0) is 13.1. The molecule has 0 atom stereocenters. The highest BCUT2D eigenvalue weighted by molar-refractivity contribution is 5.83. The molecule has 2 aromatic carbocycles. The predicted molar refractivity (Wildman–Crippen MR) is 81.5 cm³/mol. The molecule has 0 aliphatic heterocycles. The smallest absolute Gasteiger partial charge is 0.0702 e. The molecular weight excluding hydrogens is 232 g/mol. The van der Waals surface area contributed by atoms with Gasteiger partial charge in [0.2, 0.25) is 0 Å². The highest BCUT2D eigenvalue weighted by Crippen LogP contribution is 2.16. The lowest BCUT2D eigenvalue weighted by atomic mass is 10.1. The van der Waals surface area contributed by atoms with Gasteiger partial charge in [0.25, 0.3) is 0 Å². The summed E-state index contributed by atoms with van der Waals surface area (Å²) in [6.45, 7) is 0. The van der Waals surface area contributed by atoms with Crippen LogP contribution in [0.5, 0.6) is 0 Å². The predicted octanol–water partition coefficient (Wildman–Crippen LogP) is 3.99. The number of nitrogens with zero attached hydrogens (tertiary/aromatic N) is 1. The number of aromatic nitrogens is 1. The van der Waals surface area contributed by atoms with E-state index in [1.54, 1.807) is 0 Å². The molecule has 0 aliphatic rings. The van der Waals surface area contributed by atoms with Gasteiger partial charge in [-0.15, -0.1) is 0 Å². The Labute approximate surface area is 112 Å². The minimum absolute atomic E-state index is 0.786. The van der Waals surface area contributed by atoms with Gasteiger partial charge in [-0.05, 0) is 41.5 Å². The average Bonchev–Trinajstić information content (AvgIpc) is 2.46. The van der Waals surface area contributed by atoms with Crippen molar-refractivity contribution in [1.29, 1.82) is 0 Å². The zero-order valence-corrected chi connectivity index (χ0v) is 10.5. The first-order valence-electron chi connectivity index (χ1n) is 6.20. The fourth-order valence-electron chi connectivity index (χ4n) is 2.00. The van der Waals surface area contributed by atoms with Crippen molar-refractivity contribution in [2.75, 3.05) is 5.73 Å². The summed E-state index contributed by atoms with van der Waals surface area (Å²) in [5, 5.41) is 1.15. The summed E-state index contributed by atoms with van der Waals surface area (Å²) in [6.07, 6.45) is 5.99. The van der Waals surface area contributed by atoms with E-state index in [0.29, 0.717) is 0 Å². The van der Waals surface area contributed by atoms with E-state index in [1.807, 2.05) is 42.6 Å². The highest BCUT2D eigenvalue weighted by atomic mass is 14.6. The zero-order valence-electron chi connectivity index (χ0n) is 10.5. The number of rotatable bonds is 2. The molecule has 19 heavy (non-hydrogen) atoms. The van der Waals surface area contributed by atoms with Gasteiger partial charge < -0.3 is 5.73 Å². The van der Waals surface area contributed by atoms with Gasteiger partial charge in [-0.1, -0.05) is 36.4 Å². The van der Waals surface area contributed by atoms with Crippen LogP contribution in [0.25, 0.3) is 23.1 Å². The van der Waals surface area contributed by atoms with Gasteiger partial charge >= 0.3 is 0 Å². The Hall–Kier alpha value is -2.61. The standard InChI is InChI=1S/C17H14N2/c18-16-8-5-13(6-9-16)3-4-14-7-10-17-15(12-14)2-1-11-19-17/h1-12H,18H2. The van der Waals surface area contributed by atoms with Crippen LogP contribution in [-0.2, 0) is 0 Å². The van der Waals surface area contributed by atoms with Crippen LogP contribution in [0.2, 0.25) is 0 Å². The first-order chi connectivity index (χ1) is 9.31. The molecule has 1 aromatic heterocycles. The fraction of sp³-hybridized carbons (Fsp3) is 0. The van der Waals surface area contributed by atoms with Gasteiger partial charge in [0.05, 0.1) is 5.52 Å². The second-order valence-electron chi connectivity index (χ2n) is 4.46. The quantitative estimate of drug-likeness (QED) is 0.548. The molecule has 0 unspecified atom stereocenters. The van der Waals surface area contributed by atoms with Crippen molar-refractivity contribution in [1.82, 2.24) is 4.98 Å². The van der Waals surface area contributed by atoms with Gasteiger partial charge in [-0.2, -0.15) is 0 Å². The van der Waals surface area contributed by atoms with E-state index in [-0.39, 0.29) is 0 Å². The van der Waals surface area contributed by atoms with Gasteiger partial charge in [0, 0.05) is 17.3 Å². The molecule has 0 amide bonds. The molecule has 0 spiro atoms. The molecular formula is C17H14N2. The van der Waals surface area contributed by atoms with Gasteiger partial charge in [-0.25, -0.2) is 0 Å². The molecule has 0 fully saturated rings. The van der Waals surface area contributed by atoms with Gasteiger partial charge in [-0.3, -0.25) is 4.98 Å². The summed E-state index contributed by atoms with van der Waals surface area (Å²) in [4.78, 5) is 4.31. The van der Waals surface area contributed by atoms with Crippen molar-refractivity contribution < 1.29 is 0 Å². The van der Waals surface area contributed by atoms with Crippen molar-refractivity contribution in [2.24, 2.45) is 0 Å². The number of nitrogens with two attached hydrogens (primary N) is 1. The summed E-state index contributed by atoms with van der Waals surface area (Å²) >= 11 is 0. The average molecular weight is 246 g/mol. The Morgan fingerprint density at radius 3 is 2.42 bits per heavy atom. The lowest BCUT2D eigenvalue weighted by molar-refractivity contribution is 1.41. The van der Waals surface area contributed by atoms with Crippen molar-refractivity contribution in [2.45, 2.75) is 0 Å². The van der Waals surface area contributed by atoms with E-state index in [2.05, 4.69) is 35.3 Å². The monoisotopic (exact) mass is 246 g/mol. The molecule has 3 aromatic rings. The second-order valence-corrected chi connectivity index (χ2v) is 4.46. The maximum atomic E-state index is 5.67. The number of hydrogen-bond donors (Lipinski definition) is 1. The maximum absolute atomic E-state index is 5.67. The van der Waals surface area contributed by atoms with Crippen LogP contribution in [0.4, 0.5) is 5.69 Å². The van der Waals surface area contributed by atoms with Crippen LogP contribution < -0.4 is 5.73 Å². The van der Waals surface area contributed by atoms with E-state index >= 15 is 0 Å². The molecule has 92 valence electrons. The summed E-state index contributed by atoms with van der Waals surface area (Å²) in [5.41, 5.74) is 9.78. The van der Waals surface area contributed by atoms with Crippen molar-refractivity contribution in [3.8, 4) is 0 Å². The van der Waals surface area contributed by atoms with Crippen molar-refractivity contribution in [3.05, 3.63) is 71.9 Å². The number of benzene rings is 2. The Kier molecular flexibility index (Phi) is 2.99. The molecule has 0 saturated heterocycles. The summed E-state index contributed by atoms with van der Waals surface area (Å²) in [6, 6.07) is 18.1. The molecule has 2 heteroatoms. The largest absolute Gasteiger partial charge is 0.399 e. The van der Waals surface area contributed by atoms with Crippen LogP contribution in [0.3, 0.4) is 0 Å². The molecule has 0 radical (unpaired) electrons. The Morgan fingerprint density at radius 1 is 0.842 bits per heavy atom. The van der Waals surface area contributed by atoms with E-state index in [9.17, 15) is 0 Å². The van der Waals surface area contributed by atoms with Gasteiger partial charge in [0.15, 0.2) is 0 Å². The third-order valence-corrected chi connectivity index (χ3v) is 3.03. The van der Waals surface area contributed by atoms with Crippen LogP contribution in [0, 0.1) is 0 Å². The van der Waals surface area contributed by atoms with Crippen LogP contribution in [0.15, 0.2) is 60.8 Å². The third kappa shape index (κ3) is 2.63. The molecule has 0 bridgehead atoms. The normalized spacial score (nSPS) is 11.2. The molecule has 3 rings (SSSR count). The molecule has 0 aliphatic carbocycles. The van der Waals surface area contributed by atoms with Crippen molar-refractivity contribution in [3.63, 3.8) is 0 Å². The lowest BCUT2D eigenvalue weighted by Gasteiger charge is -1.99. The molecule has 2 nitrogen and oxygen atoms in total. The minimum Gasteiger partial charge on any atom is -0.399 e. The second kappa shape index (κ2) is 4.94. The van der Waals surface area contributed by atoms with E-state index in [1.165, 1.54) is 0 Å². The number of nitrogen functional groups attached to an aromatic ring is 1. The maximum Gasteiger partial charge on any atom is 0.0702 e. The van der Waals surface area contributed by atoms with Gasteiger partial charge in [0.1, 0.15) is 0 Å². The molecule has 1 heterocycles. The molecule has 2 N–H and O–H groups in total. The van der Waals surface area contributed by atoms with E-state index in [0.717, 1.165) is 27.7 Å². The third-order valence-electron chi connectivity index (χ3n) is 3.03. The summed E-state index contributed by atoms with van der Waals surface area (Å²) < 4.78 is 0. The van der Waals surface area contributed by atoms with Crippen molar-refractivity contribution >= 4 is 28.7 Å². The van der Waals surface area contributed by atoms with Crippen LogP contribution >= 0.6 is 0 Å². The number of pyridine rings is 1. The Bertz CT molecular complexity index is 728. The highest BCUT2D eigenvalue weighted by Gasteiger charge is 1.94. The van der Waals surface area contributed by atoms with Crippen LogP contribution in [-0.4, -0.2) is 4.98 Å². The minimum atomic E-state index is 0.786. The first kappa shape index (κ1) is 11.5. The SMILES string of the molecule is Nc1ccc(C=Cc2ccc3ncccc3c2)cc1. The summed E-state index contributed by atoms with van der Waals surface area (Å²) in [7, 11) is 0. The Morgan fingerprint density at radius 2 is 1.58 bits per heavy atom. The van der Waals surface area contributed by atoms with E-state index < -0.39 is 0 Å². The number of hydrogen-bond acceptors (Lipinski definition) is 2. The number of fused-ring (bicyclic) bond motifs is 1.